The number of amides is 1. The number of aliphatic hydroxyl groups excluding tert-OH is 1. The van der Waals surface area contributed by atoms with E-state index in [2.05, 4.69) is 10.2 Å². The molecule has 0 saturated carbocycles. The van der Waals surface area contributed by atoms with Crippen LogP contribution < -0.4 is 19.5 Å². The summed E-state index contributed by atoms with van der Waals surface area (Å²) in [6, 6.07) is 11.0. The highest BCUT2D eigenvalue weighted by molar-refractivity contribution is 7.89. The number of alkyl carbamates (subject to hydrolysis) is 1. The Morgan fingerprint density at radius 2 is 1.73 bits per heavy atom. The molecule has 0 radical (unpaired) electrons. The number of carbonyl (C=O) groups excluding carboxylic acids is 1. The molecule has 1 saturated heterocycles. The van der Waals surface area contributed by atoms with Gasteiger partial charge in [-0.3, -0.25) is 4.90 Å². The van der Waals surface area contributed by atoms with Gasteiger partial charge in [-0.05, 0) is 62.9 Å². The van der Waals surface area contributed by atoms with E-state index in [1.54, 1.807) is 26.8 Å². The summed E-state index contributed by atoms with van der Waals surface area (Å²) in [6.45, 7) is 13.6. The van der Waals surface area contributed by atoms with Gasteiger partial charge in [-0.2, -0.15) is 4.31 Å². The minimum atomic E-state index is -4.03. The first-order valence-electron chi connectivity index (χ1n) is 15.4. The number of benzene rings is 2. The van der Waals surface area contributed by atoms with E-state index in [9.17, 15) is 18.3 Å². The van der Waals surface area contributed by atoms with Gasteiger partial charge < -0.3 is 34.1 Å². The zero-order valence-electron chi connectivity index (χ0n) is 26.9. The molecule has 1 fully saturated rings. The molecule has 0 aromatic heterocycles. The minimum absolute atomic E-state index is 0.0206. The molecule has 2 aliphatic heterocycles. The maximum atomic E-state index is 13.8. The van der Waals surface area contributed by atoms with Crippen molar-refractivity contribution < 1.29 is 42.0 Å². The fraction of sp³-hybridized carbons (Fsp3) is 0.594. The first-order valence-corrected chi connectivity index (χ1v) is 16.8. The zero-order chi connectivity index (χ0) is 32.6. The number of nitrogens with one attached hydrogen (secondary N) is 1. The smallest absolute Gasteiger partial charge is 0.407 e. The number of hydrogen-bond donors (Lipinski definition) is 2. The van der Waals surface area contributed by atoms with E-state index in [1.165, 1.54) is 16.4 Å². The SMILES string of the molecule is CC(C)CN(CC(O)C(Cc1ccc(OCCN2CCOCC2)cc1)NC(=O)OC(C)(C)C)S(=O)(=O)c1ccc2c(c1)OCO2. The first kappa shape index (κ1) is 34.8. The third-order valence-corrected chi connectivity index (χ3v) is 9.09. The molecule has 2 aromatic rings. The molecule has 250 valence electrons. The lowest BCUT2D eigenvalue weighted by atomic mass is 10.0. The monoisotopic (exact) mass is 649 g/mol. The van der Waals surface area contributed by atoms with Crippen molar-refractivity contribution in [3.63, 3.8) is 0 Å². The summed E-state index contributed by atoms with van der Waals surface area (Å²) in [5, 5.41) is 14.3. The molecule has 2 atom stereocenters. The molecular formula is C32H47N3O9S. The molecule has 12 nitrogen and oxygen atoms in total. The van der Waals surface area contributed by atoms with Crippen molar-refractivity contribution >= 4 is 16.1 Å². The van der Waals surface area contributed by atoms with Gasteiger partial charge in [-0.1, -0.05) is 26.0 Å². The van der Waals surface area contributed by atoms with E-state index in [-0.39, 0.29) is 37.1 Å². The lowest BCUT2D eigenvalue weighted by Crippen LogP contribution is -2.51. The number of carbonyl (C=O) groups is 1. The van der Waals surface area contributed by atoms with Crippen LogP contribution in [0.15, 0.2) is 47.4 Å². The van der Waals surface area contributed by atoms with Crippen LogP contribution in [0.5, 0.6) is 17.2 Å². The van der Waals surface area contributed by atoms with Gasteiger partial charge >= 0.3 is 6.09 Å². The molecule has 2 unspecified atom stereocenters. The second kappa shape index (κ2) is 15.5. The summed E-state index contributed by atoms with van der Waals surface area (Å²) in [6.07, 6.45) is -1.73. The van der Waals surface area contributed by atoms with Crippen LogP contribution in [0.2, 0.25) is 0 Å². The van der Waals surface area contributed by atoms with Gasteiger partial charge in [0.05, 0.1) is 30.3 Å². The largest absolute Gasteiger partial charge is 0.492 e. The van der Waals surface area contributed by atoms with E-state index in [4.69, 9.17) is 23.7 Å². The number of ether oxygens (including phenoxy) is 5. The Bertz CT molecular complexity index is 1360. The summed E-state index contributed by atoms with van der Waals surface area (Å²) < 4.78 is 56.3. The number of rotatable bonds is 14. The lowest BCUT2D eigenvalue weighted by Gasteiger charge is -2.31. The Morgan fingerprint density at radius 1 is 1.04 bits per heavy atom. The summed E-state index contributed by atoms with van der Waals surface area (Å²) in [4.78, 5) is 15.1. The van der Waals surface area contributed by atoms with Gasteiger partial charge in [0.2, 0.25) is 16.8 Å². The third kappa shape index (κ3) is 10.5. The Morgan fingerprint density at radius 3 is 2.40 bits per heavy atom. The molecule has 0 spiro atoms. The fourth-order valence-electron chi connectivity index (χ4n) is 5.04. The third-order valence-electron chi connectivity index (χ3n) is 7.27. The zero-order valence-corrected chi connectivity index (χ0v) is 27.7. The quantitative estimate of drug-likeness (QED) is 0.314. The summed E-state index contributed by atoms with van der Waals surface area (Å²) >= 11 is 0. The van der Waals surface area contributed by atoms with Crippen LogP contribution in [0.25, 0.3) is 0 Å². The molecule has 2 aromatic carbocycles. The summed E-state index contributed by atoms with van der Waals surface area (Å²) in [5.41, 5.74) is 0.0660. The van der Waals surface area contributed by atoms with Gasteiger partial charge in [-0.15, -0.1) is 0 Å². The number of fused-ring (bicyclic) bond motifs is 1. The van der Waals surface area contributed by atoms with Crippen molar-refractivity contribution in [3.8, 4) is 17.2 Å². The Balaban J connectivity index is 1.47. The summed E-state index contributed by atoms with van der Waals surface area (Å²) in [5.74, 6) is 1.50. The van der Waals surface area contributed by atoms with Gasteiger partial charge in [0.1, 0.15) is 18.0 Å². The predicted octanol–water partition coefficient (Wildman–Crippen LogP) is 3.27. The molecule has 4 rings (SSSR count). The van der Waals surface area contributed by atoms with Crippen molar-refractivity contribution in [1.82, 2.24) is 14.5 Å². The van der Waals surface area contributed by atoms with Gasteiger partial charge in [0, 0.05) is 38.8 Å². The lowest BCUT2D eigenvalue weighted by molar-refractivity contribution is 0.0322. The number of sulfonamides is 1. The van der Waals surface area contributed by atoms with E-state index in [0.29, 0.717) is 23.9 Å². The second-order valence-electron chi connectivity index (χ2n) is 12.7. The molecule has 13 heteroatoms. The predicted molar refractivity (Wildman–Crippen MR) is 168 cm³/mol. The number of nitrogens with zero attached hydrogens (tertiary/aromatic N) is 2. The van der Waals surface area contributed by atoms with Crippen molar-refractivity contribution in [2.75, 3.05) is 59.3 Å². The minimum Gasteiger partial charge on any atom is -0.492 e. The van der Waals surface area contributed by atoms with E-state index in [0.717, 1.165) is 38.4 Å². The fourth-order valence-corrected chi connectivity index (χ4v) is 6.67. The molecule has 2 N–H and O–H groups in total. The highest BCUT2D eigenvalue weighted by atomic mass is 32.2. The Hall–Kier alpha value is -3.10. The topological polar surface area (TPSA) is 136 Å². The van der Waals surface area contributed by atoms with Crippen molar-refractivity contribution in [1.29, 1.82) is 0 Å². The van der Waals surface area contributed by atoms with E-state index in [1.807, 2.05) is 38.1 Å². The van der Waals surface area contributed by atoms with Crippen LogP contribution in [0, 0.1) is 5.92 Å². The highest BCUT2D eigenvalue weighted by Gasteiger charge is 2.33. The average Bonchev–Trinajstić information content (AvgIpc) is 3.45. The highest BCUT2D eigenvalue weighted by Crippen LogP contribution is 2.35. The molecule has 45 heavy (non-hydrogen) atoms. The van der Waals surface area contributed by atoms with Crippen LogP contribution in [0.3, 0.4) is 0 Å². The molecule has 2 heterocycles. The first-order chi connectivity index (χ1) is 21.3. The Labute approximate surface area is 266 Å². The number of aliphatic hydroxyl groups is 1. The number of morpholine rings is 1. The van der Waals surface area contributed by atoms with Crippen LogP contribution in [-0.2, 0) is 25.9 Å². The maximum Gasteiger partial charge on any atom is 0.407 e. The normalized spacial score (nSPS) is 16.9. The average molecular weight is 650 g/mol. The molecule has 2 aliphatic rings. The van der Waals surface area contributed by atoms with Crippen LogP contribution >= 0.6 is 0 Å². The maximum absolute atomic E-state index is 13.8. The van der Waals surface area contributed by atoms with E-state index >= 15 is 0 Å². The Kier molecular flexibility index (Phi) is 11.9. The standard InChI is InChI=1S/C32H47N3O9S/c1-23(2)20-35(45(38,39)26-10-11-29-30(19-26)43-22-42-29)21-28(36)27(33-31(37)44-32(3,4)5)18-24-6-8-25(9-7-24)41-17-14-34-12-15-40-16-13-34/h6-11,19,23,27-28,36H,12-18,20-22H2,1-5H3,(H,33,37). The van der Waals surface area contributed by atoms with Gasteiger partial charge in [0.15, 0.2) is 11.5 Å². The second-order valence-corrected chi connectivity index (χ2v) is 14.6. The van der Waals surface area contributed by atoms with Crippen LogP contribution in [0.1, 0.15) is 40.2 Å². The van der Waals surface area contributed by atoms with Crippen molar-refractivity contribution in [2.24, 2.45) is 5.92 Å². The van der Waals surface area contributed by atoms with Crippen molar-refractivity contribution in [2.45, 2.75) is 63.7 Å². The van der Waals surface area contributed by atoms with Crippen molar-refractivity contribution in [3.05, 3.63) is 48.0 Å². The van der Waals surface area contributed by atoms with E-state index < -0.39 is 33.9 Å². The van der Waals surface area contributed by atoms with Gasteiger partial charge in [0.25, 0.3) is 0 Å². The van der Waals surface area contributed by atoms with Crippen LogP contribution in [0.4, 0.5) is 4.79 Å². The summed E-state index contributed by atoms with van der Waals surface area (Å²) in [7, 11) is -4.03. The molecular weight excluding hydrogens is 602 g/mol. The molecule has 1 amide bonds. The molecule has 0 bridgehead atoms. The number of hydrogen-bond acceptors (Lipinski definition) is 10. The molecule has 0 aliphatic carbocycles. The van der Waals surface area contributed by atoms with Gasteiger partial charge in [-0.25, -0.2) is 13.2 Å². The van der Waals surface area contributed by atoms with Crippen LogP contribution in [-0.4, -0.2) is 106 Å².